The molecule has 0 heterocycles. The van der Waals surface area contributed by atoms with E-state index in [-0.39, 0.29) is 4.32 Å². The van der Waals surface area contributed by atoms with Gasteiger partial charge in [0.2, 0.25) is 0 Å². The number of halogens is 3. The summed E-state index contributed by atoms with van der Waals surface area (Å²) in [7, 11) is 0. The van der Waals surface area contributed by atoms with E-state index in [4.69, 9.17) is 0 Å². The number of rotatable bonds is 16. The van der Waals surface area contributed by atoms with Gasteiger partial charge in [0, 0.05) is 13.5 Å². The van der Waals surface area contributed by atoms with Gasteiger partial charge in [-0.1, -0.05) is 159 Å². The molecule has 0 aromatic carbocycles. The summed E-state index contributed by atoms with van der Waals surface area (Å²) in [6, 6.07) is 0. The molecular weight excluding hydrogens is 528 g/mol. The summed E-state index contributed by atoms with van der Waals surface area (Å²) < 4.78 is 0.590. The largest absolute Gasteiger partial charge is 0.0876 e. The first-order valence-electron chi connectivity index (χ1n) is 11.6. The Morgan fingerprint density at radius 1 is 0.593 bits per heavy atom. The molecule has 0 saturated heterocycles. The summed E-state index contributed by atoms with van der Waals surface area (Å²) >= 11 is 11.1. The molecule has 0 aliphatic carbocycles. The molecule has 1 unspecified atom stereocenters. The molecule has 0 saturated carbocycles. The Hall–Kier alpha value is 1.44. The normalized spacial score (nSPS) is 13.2. The first-order valence-corrected chi connectivity index (χ1v) is 14.1. The summed E-state index contributed by atoms with van der Waals surface area (Å²) in [5.74, 6) is 0. The summed E-state index contributed by atoms with van der Waals surface area (Å²) in [5, 5.41) is 0. The highest BCUT2D eigenvalue weighted by Crippen LogP contribution is 2.30. The lowest BCUT2D eigenvalue weighted by molar-refractivity contribution is 0.541. The lowest BCUT2D eigenvalue weighted by Gasteiger charge is -2.23. The molecule has 0 spiro atoms. The van der Waals surface area contributed by atoms with Crippen molar-refractivity contribution in [2.24, 2.45) is 0 Å². The minimum Gasteiger partial charge on any atom is -0.0876 e. The Labute approximate surface area is 198 Å². The zero-order valence-corrected chi connectivity index (χ0v) is 24.1. The van der Waals surface area contributed by atoms with E-state index in [1.165, 1.54) is 96.3 Å². The maximum atomic E-state index is 3.73. The smallest absolute Gasteiger partial charge is 0.0326 e. The molecule has 1 atom stereocenters. The summed E-state index contributed by atoms with van der Waals surface area (Å²) in [5.41, 5.74) is 0. The van der Waals surface area contributed by atoms with Crippen LogP contribution in [0.4, 0.5) is 0 Å². The third kappa shape index (κ3) is 27.4. The lowest BCUT2D eigenvalue weighted by Crippen LogP contribution is -2.23. The second-order valence-electron chi connectivity index (χ2n) is 9.18. The van der Waals surface area contributed by atoms with Gasteiger partial charge in [-0.2, -0.15) is 0 Å². The van der Waals surface area contributed by atoms with Crippen molar-refractivity contribution in [2.75, 3.05) is 0 Å². The lowest BCUT2D eigenvalue weighted by atomic mass is 10.0. The van der Waals surface area contributed by atoms with Crippen molar-refractivity contribution in [2.45, 2.75) is 151 Å². The standard InChI is InChI=1S/C12H24Br2.C12H25Br/c1-4-5-6-7-8-9-10-11(13)12(2,3)14;1-4-5-6-7-8-9-10-11-12(2,3)13/h11H,4-10H2,1-3H3;4-11H2,1-3H3. The molecule has 0 N–H and O–H groups in total. The van der Waals surface area contributed by atoms with Crippen molar-refractivity contribution >= 4 is 47.8 Å². The van der Waals surface area contributed by atoms with Crippen molar-refractivity contribution in [1.29, 1.82) is 0 Å². The molecule has 0 aliphatic heterocycles. The number of hydrogen-bond donors (Lipinski definition) is 0. The average Bonchev–Trinajstić information content (AvgIpc) is 2.56. The van der Waals surface area contributed by atoms with Crippen LogP contribution in [0.15, 0.2) is 0 Å². The quantitative estimate of drug-likeness (QED) is 0.127. The molecule has 0 amide bonds. The Morgan fingerprint density at radius 3 is 1.33 bits per heavy atom. The SMILES string of the molecule is CCCCCCCCC(Br)C(C)(C)Br.CCCCCCCCCC(C)(C)Br. The van der Waals surface area contributed by atoms with Crippen molar-refractivity contribution < 1.29 is 0 Å². The second kappa shape index (κ2) is 19.4. The van der Waals surface area contributed by atoms with Gasteiger partial charge in [-0.15, -0.1) is 0 Å². The molecule has 0 aromatic heterocycles. The van der Waals surface area contributed by atoms with E-state index in [1.54, 1.807) is 0 Å². The van der Waals surface area contributed by atoms with Gasteiger partial charge in [-0.05, 0) is 26.7 Å². The maximum absolute atomic E-state index is 3.73. The summed E-state index contributed by atoms with van der Waals surface area (Å²) in [4.78, 5) is 0.598. The summed E-state index contributed by atoms with van der Waals surface area (Å²) in [6.07, 6.45) is 20.8. The molecule has 0 radical (unpaired) electrons. The van der Waals surface area contributed by atoms with Crippen LogP contribution in [0.25, 0.3) is 0 Å². The van der Waals surface area contributed by atoms with Crippen LogP contribution in [0.5, 0.6) is 0 Å². The fraction of sp³-hybridized carbons (Fsp3) is 1.00. The van der Waals surface area contributed by atoms with Crippen LogP contribution in [-0.4, -0.2) is 13.5 Å². The topological polar surface area (TPSA) is 0 Å². The average molecular weight is 577 g/mol. The second-order valence-corrected chi connectivity index (χ2v) is 14.5. The third-order valence-corrected chi connectivity index (χ3v) is 8.10. The van der Waals surface area contributed by atoms with E-state index >= 15 is 0 Å². The Morgan fingerprint density at radius 2 is 0.963 bits per heavy atom. The summed E-state index contributed by atoms with van der Waals surface area (Å²) in [6.45, 7) is 13.5. The van der Waals surface area contributed by atoms with Crippen molar-refractivity contribution in [3.8, 4) is 0 Å². The minimum atomic E-state index is 0.233. The molecule has 3 heteroatoms. The fourth-order valence-electron chi connectivity index (χ4n) is 2.95. The van der Waals surface area contributed by atoms with E-state index in [2.05, 4.69) is 89.3 Å². The van der Waals surface area contributed by atoms with Gasteiger partial charge < -0.3 is 0 Å². The van der Waals surface area contributed by atoms with E-state index in [1.807, 2.05) is 0 Å². The van der Waals surface area contributed by atoms with Crippen LogP contribution in [0.2, 0.25) is 0 Å². The van der Waals surface area contributed by atoms with E-state index in [0.717, 1.165) is 0 Å². The monoisotopic (exact) mass is 574 g/mol. The van der Waals surface area contributed by atoms with Gasteiger partial charge in [0.05, 0.1) is 0 Å². The molecular formula is C24H49Br3. The maximum Gasteiger partial charge on any atom is 0.0326 e. The van der Waals surface area contributed by atoms with Crippen LogP contribution >= 0.6 is 47.8 Å². The van der Waals surface area contributed by atoms with Crippen LogP contribution < -0.4 is 0 Å². The molecule has 0 fully saturated rings. The van der Waals surface area contributed by atoms with Gasteiger partial charge in [0.25, 0.3) is 0 Å². The molecule has 0 bridgehead atoms. The zero-order valence-electron chi connectivity index (χ0n) is 19.3. The Kier molecular flexibility index (Phi) is 22.0. The predicted octanol–water partition coefficient (Wildman–Crippen LogP) is 11.0. The van der Waals surface area contributed by atoms with E-state index in [9.17, 15) is 0 Å². The van der Waals surface area contributed by atoms with Gasteiger partial charge in [0.15, 0.2) is 0 Å². The molecule has 0 nitrogen and oxygen atoms in total. The third-order valence-electron chi connectivity index (χ3n) is 4.93. The van der Waals surface area contributed by atoms with Gasteiger partial charge in [0.1, 0.15) is 0 Å². The van der Waals surface area contributed by atoms with Gasteiger partial charge in [-0.25, -0.2) is 0 Å². The van der Waals surface area contributed by atoms with Crippen molar-refractivity contribution in [3.05, 3.63) is 0 Å². The van der Waals surface area contributed by atoms with Gasteiger partial charge in [-0.3, -0.25) is 0 Å². The molecule has 0 aromatic rings. The molecule has 166 valence electrons. The molecule has 0 aliphatic rings. The van der Waals surface area contributed by atoms with Crippen LogP contribution in [0, 0.1) is 0 Å². The van der Waals surface area contributed by atoms with Crippen LogP contribution in [0.3, 0.4) is 0 Å². The first kappa shape index (κ1) is 30.6. The highest BCUT2D eigenvalue weighted by Gasteiger charge is 2.22. The number of unbranched alkanes of at least 4 members (excludes halogenated alkanes) is 11. The number of hydrogen-bond acceptors (Lipinski definition) is 0. The predicted molar refractivity (Wildman–Crippen MR) is 139 cm³/mol. The van der Waals surface area contributed by atoms with Crippen molar-refractivity contribution in [1.82, 2.24) is 0 Å². The fourth-order valence-corrected chi connectivity index (χ4v) is 3.78. The Bertz CT molecular complexity index is 289. The first-order chi connectivity index (χ1) is 12.5. The number of alkyl halides is 3. The van der Waals surface area contributed by atoms with E-state index < -0.39 is 0 Å². The minimum absolute atomic E-state index is 0.233. The Balaban J connectivity index is 0. The highest BCUT2D eigenvalue weighted by molar-refractivity contribution is 9.12. The molecule has 0 rings (SSSR count). The van der Waals surface area contributed by atoms with Crippen LogP contribution in [-0.2, 0) is 0 Å². The van der Waals surface area contributed by atoms with Crippen molar-refractivity contribution in [3.63, 3.8) is 0 Å². The highest BCUT2D eigenvalue weighted by atomic mass is 79.9. The van der Waals surface area contributed by atoms with Gasteiger partial charge >= 0.3 is 0 Å². The van der Waals surface area contributed by atoms with E-state index in [0.29, 0.717) is 9.15 Å². The zero-order chi connectivity index (χ0) is 21.2. The molecule has 27 heavy (non-hydrogen) atoms. The van der Waals surface area contributed by atoms with Crippen LogP contribution in [0.1, 0.15) is 138 Å².